The summed E-state index contributed by atoms with van der Waals surface area (Å²) < 4.78 is 10.5. The van der Waals surface area contributed by atoms with Gasteiger partial charge >= 0.3 is 5.97 Å². The van der Waals surface area contributed by atoms with Gasteiger partial charge in [0.1, 0.15) is 5.75 Å². The van der Waals surface area contributed by atoms with Crippen LogP contribution in [0.4, 0.5) is 5.69 Å². The van der Waals surface area contributed by atoms with E-state index in [1.165, 1.54) is 5.56 Å². The Morgan fingerprint density at radius 1 is 0.811 bits per heavy atom. The van der Waals surface area contributed by atoms with Crippen molar-refractivity contribution in [3.05, 3.63) is 60.2 Å². The van der Waals surface area contributed by atoms with E-state index in [0.717, 1.165) is 6.42 Å². The number of thiocarbonyl (C=S) groups is 1. The highest BCUT2D eigenvalue weighted by Gasteiger charge is 2.11. The van der Waals surface area contributed by atoms with Crippen LogP contribution in [0.15, 0.2) is 54.6 Å². The Morgan fingerprint density at radius 2 is 1.49 bits per heavy atom. The molecule has 0 heterocycles. The van der Waals surface area contributed by atoms with Gasteiger partial charge in [-0.1, -0.05) is 30.3 Å². The van der Waals surface area contributed by atoms with Gasteiger partial charge in [0.05, 0.1) is 19.6 Å². The molecule has 0 spiro atoms. The molecule has 0 aromatic heterocycles. The van der Waals surface area contributed by atoms with Crippen molar-refractivity contribution in [1.29, 1.82) is 0 Å². The predicted octanol–water partition coefficient (Wildman–Crippen LogP) is 2.78. The number of rotatable bonds is 13. The predicted molar refractivity (Wildman–Crippen MR) is 142 cm³/mol. The molecule has 0 fully saturated rings. The molecule has 0 saturated heterocycles. The third-order valence-corrected chi connectivity index (χ3v) is 5.07. The average Bonchev–Trinajstić information content (AvgIpc) is 2.89. The molecule has 4 N–H and O–H groups in total. The maximum atomic E-state index is 12.0. The summed E-state index contributed by atoms with van der Waals surface area (Å²) in [6.45, 7) is 2.71. The van der Waals surface area contributed by atoms with E-state index < -0.39 is 17.8 Å². The van der Waals surface area contributed by atoms with Crippen molar-refractivity contribution in [3.63, 3.8) is 0 Å². The molecule has 0 atom stereocenters. The van der Waals surface area contributed by atoms with Crippen LogP contribution in [0.1, 0.15) is 44.6 Å². The molecule has 2 rings (SSSR count). The number of nitrogens with one attached hydrogen (secondary N) is 4. The molecule has 10 nitrogen and oxygen atoms in total. The van der Waals surface area contributed by atoms with Gasteiger partial charge in [0, 0.05) is 24.9 Å². The van der Waals surface area contributed by atoms with Gasteiger partial charge < -0.3 is 20.1 Å². The molecule has 0 aliphatic heterocycles. The van der Waals surface area contributed by atoms with E-state index in [4.69, 9.17) is 21.7 Å². The lowest BCUT2D eigenvalue weighted by Gasteiger charge is -2.11. The second-order valence-electron chi connectivity index (χ2n) is 7.87. The number of carbonyl (C=O) groups excluding carboxylic acids is 4. The molecular formula is C26H32N4O6S. The number of carbonyl (C=O) groups is 4. The fourth-order valence-electron chi connectivity index (χ4n) is 3.06. The van der Waals surface area contributed by atoms with Crippen molar-refractivity contribution in [2.75, 3.05) is 18.5 Å². The zero-order valence-electron chi connectivity index (χ0n) is 20.7. The summed E-state index contributed by atoms with van der Waals surface area (Å²) in [7, 11) is 0. The van der Waals surface area contributed by atoms with Gasteiger partial charge in [0.25, 0.3) is 0 Å². The van der Waals surface area contributed by atoms with Crippen LogP contribution in [0, 0.1) is 0 Å². The molecule has 0 aliphatic carbocycles. The van der Waals surface area contributed by atoms with Gasteiger partial charge in [-0.05, 0) is 61.8 Å². The van der Waals surface area contributed by atoms with E-state index in [0.29, 0.717) is 24.5 Å². The lowest BCUT2D eigenvalue weighted by molar-refractivity contribution is -0.145. The smallest absolute Gasteiger partial charge is 0.306 e. The maximum Gasteiger partial charge on any atom is 0.306 e. The third-order valence-electron chi connectivity index (χ3n) is 4.87. The zero-order valence-corrected chi connectivity index (χ0v) is 21.5. The van der Waals surface area contributed by atoms with Crippen molar-refractivity contribution < 1.29 is 28.7 Å². The highest BCUT2D eigenvalue weighted by atomic mass is 32.1. The van der Waals surface area contributed by atoms with Gasteiger partial charge in [0.2, 0.25) is 17.7 Å². The summed E-state index contributed by atoms with van der Waals surface area (Å²) in [4.78, 5) is 47.7. The third kappa shape index (κ3) is 13.0. The van der Waals surface area contributed by atoms with Crippen molar-refractivity contribution in [2.24, 2.45) is 0 Å². The zero-order chi connectivity index (χ0) is 26.9. The fraction of sp³-hybridized carbons (Fsp3) is 0.346. The Labute approximate surface area is 221 Å². The molecule has 0 aliphatic rings. The Kier molecular flexibility index (Phi) is 13.2. The molecule has 2 aromatic carbocycles. The van der Waals surface area contributed by atoms with Crippen LogP contribution >= 0.6 is 12.2 Å². The summed E-state index contributed by atoms with van der Waals surface area (Å²) in [6, 6.07) is 16.7. The quantitative estimate of drug-likeness (QED) is 0.135. The number of aryl methyl sites for hydroxylation is 1. The highest BCUT2D eigenvalue weighted by molar-refractivity contribution is 7.80. The number of hydrazine groups is 1. The van der Waals surface area contributed by atoms with E-state index in [2.05, 4.69) is 21.5 Å². The van der Waals surface area contributed by atoms with E-state index in [9.17, 15) is 19.2 Å². The Balaban J connectivity index is 1.52. The van der Waals surface area contributed by atoms with Crippen LogP contribution in [0.5, 0.6) is 5.75 Å². The lowest BCUT2D eigenvalue weighted by Crippen LogP contribution is -2.48. The van der Waals surface area contributed by atoms with Crippen LogP contribution in [-0.2, 0) is 30.3 Å². The molecular weight excluding hydrogens is 496 g/mol. The monoisotopic (exact) mass is 528 g/mol. The SMILES string of the molecule is CCOc1ccc(NC(=O)CCC(=O)NNC(=S)NC(=O)CCC(=O)OCCCc2ccccc2)cc1. The van der Waals surface area contributed by atoms with Crippen molar-refractivity contribution in [1.82, 2.24) is 16.2 Å². The Bertz CT molecular complexity index is 1050. The highest BCUT2D eigenvalue weighted by Crippen LogP contribution is 2.15. The first-order valence-electron chi connectivity index (χ1n) is 12.0. The van der Waals surface area contributed by atoms with Crippen LogP contribution in [0.2, 0.25) is 0 Å². The number of ether oxygens (including phenoxy) is 2. The first-order valence-corrected chi connectivity index (χ1v) is 12.4. The summed E-state index contributed by atoms with van der Waals surface area (Å²) in [5.41, 5.74) is 6.45. The molecule has 0 saturated carbocycles. The summed E-state index contributed by atoms with van der Waals surface area (Å²) in [6.07, 6.45) is 1.15. The molecule has 2 aromatic rings. The first-order chi connectivity index (χ1) is 17.9. The van der Waals surface area contributed by atoms with Crippen molar-refractivity contribution in [2.45, 2.75) is 45.4 Å². The molecule has 0 unspecified atom stereocenters. The summed E-state index contributed by atoms with van der Waals surface area (Å²) in [5.74, 6) is -1.09. The maximum absolute atomic E-state index is 12.0. The fourth-order valence-corrected chi connectivity index (χ4v) is 3.22. The van der Waals surface area contributed by atoms with Crippen LogP contribution < -0.4 is 26.2 Å². The minimum atomic E-state index is -0.497. The molecule has 37 heavy (non-hydrogen) atoms. The van der Waals surface area contributed by atoms with Crippen molar-refractivity contribution in [3.8, 4) is 5.75 Å². The first kappa shape index (κ1) is 29.2. The van der Waals surface area contributed by atoms with Gasteiger partial charge in [-0.25, -0.2) is 0 Å². The van der Waals surface area contributed by atoms with Gasteiger partial charge in [-0.3, -0.25) is 30.0 Å². The van der Waals surface area contributed by atoms with E-state index >= 15 is 0 Å². The van der Waals surface area contributed by atoms with Crippen LogP contribution in [0.25, 0.3) is 0 Å². The topological polar surface area (TPSA) is 135 Å². The minimum absolute atomic E-state index is 0.0483. The number of hydrogen-bond donors (Lipinski definition) is 4. The van der Waals surface area contributed by atoms with Gasteiger partial charge in [0.15, 0.2) is 5.11 Å². The normalized spacial score (nSPS) is 10.1. The molecule has 0 bridgehead atoms. The van der Waals surface area contributed by atoms with E-state index in [1.54, 1.807) is 24.3 Å². The average molecular weight is 529 g/mol. The number of esters is 1. The Hall–Kier alpha value is -3.99. The van der Waals surface area contributed by atoms with Crippen molar-refractivity contribution >= 4 is 46.7 Å². The van der Waals surface area contributed by atoms with Crippen LogP contribution in [0.3, 0.4) is 0 Å². The Morgan fingerprint density at radius 3 is 2.19 bits per heavy atom. The van der Waals surface area contributed by atoms with Gasteiger partial charge in [-0.15, -0.1) is 0 Å². The number of amides is 3. The molecule has 3 amide bonds. The number of anilines is 1. The molecule has 0 radical (unpaired) electrons. The second-order valence-corrected chi connectivity index (χ2v) is 8.27. The minimum Gasteiger partial charge on any atom is -0.494 e. The largest absolute Gasteiger partial charge is 0.494 e. The second kappa shape index (κ2) is 16.6. The summed E-state index contributed by atoms with van der Waals surface area (Å²) in [5, 5.41) is 4.92. The van der Waals surface area contributed by atoms with E-state index in [-0.39, 0.29) is 43.3 Å². The number of benzene rings is 2. The van der Waals surface area contributed by atoms with Gasteiger partial charge in [-0.2, -0.15) is 0 Å². The number of hydrogen-bond acceptors (Lipinski definition) is 7. The standard InChI is InChI=1S/C26H32N4O6S/c1-2-35-21-12-10-20(11-13-21)27-22(31)14-15-24(33)29-30-26(37)28-23(32)16-17-25(34)36-18-6-9-19-7-4-3-5-8-19/h3-5,7-8,10-13H,2,6,9,14-18H2,1H3,(H,27,31)(H,29,33)(H2,28,30,32,37). The summed E-state index contributed by atoms with van der Waals surface area (Å²) >= 11 is 4.95. The molecule has 198 valence electrons. The van der Waals surface area contributed by atoms with Crippen LogP contribution in [-0.4, -0.2) is 42.0 Å². The molecule has 11 heteroatoms. The lowest BCUT2D eigenvalue weighted by atomic mass is 10.1. The van der Waals surface area contributed by atoms with E-state index in [1.807, 2.05) is 37.3 Å².